The quantitative estimate of drug-likeness (QED) is 0.163. The first kappa shape index (κ1) is 37.5. The van der Waals surface area contributed by atoms with Gasteiger partial charge in [0.1, 0.15) is 11.6 Å². The van der Waals surface area contributed by atoms with Gasteiger partial charge in [-0.25, -0.2) is 4.98 Å². The van der Waals surface area contributed by atoms with Crippen LogP contribution in [0.1, 0.15) is 79.0 Å². The van der Waals surface area contributed by atoms with E-state index in [2.05, 4.69) is 235 Å². The van der Waals surface area contributed by atoms with Gasteiger partial charge in [-0.05, 0) is 122 Å². The number of rotatable bonds is 5. The molecule has 0 N–H and O–H groups in total. The maximum absolute atomic E-state index is 5.80. The number of hydrogen-bond donors (Lipinski definition) is 0. The Morgan fingerprint density at radius 1 is 0.431 bits per heavy atom. The third-order valence-corrected chi connectivity index (χ3v) is 11.9. The second kappa shape index (κ2) is 13.8. The molecule has 288 valence electrons. The minimum absolute atomic E-state index is 0.0164. The summed E-state index contributed by atoms with van der Waals surface area (Å²) in [6.07, 6.45) is 0. The van der Waals surface area contributed by atoms with E-state index in [0.717, 1.165) is 34.4 Å². The largest absolute Gasteiger partial charge is 0.311 e. The number of fused-ring (bicyclic) bond motifs is 4. The number of aromatic nitrogens is 1. The van der Waals surface area contributed by atoms with Crippen molar-refractivity contribution >= 4 is 74.5 Å². The molecule has 2 aliphatic rings. The minimum Gasteiger partial charge on any atom is -0.311 e. The Morgan fingerprint density at radius 2 is 0.897 bits per heavy atom. The van der Waals surface area contributed by atoms with Gasteiger partial charge >= 0.3 is 0 Å². The van der Waals surface area contributed by atoms with Crippen molar-refractivity contribution in [1.29, 1.82) is 0 Å². The molecule has 0 radical (unpaired) electrons. The van der Waals surface area contributed by atoms with E-state index in [9.17, 15) is 0 Å². The maximum Gasteiger partial charge on any atom is 0.254 e. The lowest BCUT2D eigenvalue weighted by Crippen LogP contribution is -2.61. The summed E-state index contributed by atoms with van der Waals surface area (Å²) in [6, 6.07) is 58.1. The Hall–Kier alpha value is -6.07. The van der Waals surface area contributed by atoms with Crippen molar-refractivity contribution in [3.8, 4) is 0 Å². The van der Waals surface area contributed by atoms with E-state index in [4.69, 9.17) is 4.98 Å². The molecule has 5 heteroatoms. The molecule has 9 rings (SSSR count). The first-order valence-corrected chi connectivity index (χ1v) is 20.7. The normalized spacial score (nSPS) is 13.5. The van der Waals surface area contributed by atoms with Gasteiger partial charge in [0.25, 0.3) is 6.71 Å². The predicted octanol–water partition coefficient (Wildman–Crippen LogP) is 12.5. The zero-order chi connectivity index (χ0) is 40.6. The highest BCUT2D eigenvalue weighted by Gasteiger charge is 2.45. The van der Waals surface area contributed by atoms with Crippen molar-refractivity contribution in [2.75, 3.05) is 14.7 Å². The van der Waals surface area contributed by atoms with Crippen LogP contribution in [-0.4, -0.2) is 11.7 Å². The van der Waals surface area contributed by atoms with E-state index in [-0.39, 0.29) is 23.0 Å². The number of para-hydroxylation sites is 3. The van der Waals surface area contributed by atoms with Crippen molar-refractivity contribution in [2.45, 2.75) is 78.6 Å². The molecule has 0 saturated heterocycles. The van der Waals surface area contributed by atoms with Crippen LogP contribution in [-0.2, 0) is 16.2 Å². The van der Waals surface area contributed by atoms with E-state index in [1.165, 1.54) is 50.1 Å². The Labute approximate surface area is 345 Å². The van der Waals surface area contributed by atoms with E-state index in [0.29, 0.717) is 0 Å². The van der Waals surface area contributed by atoms with Gasteiger partial charge < -0.3 is 4.90 Å². The molecule has 7 aromatic rings. The van der Waals surface area contributed by atoms with Crippen LogP contribution in [0.2, 0.25) is 0 Å². The molecular formula is C53H53BN4. The molecule has 0 fully saturated rings. The van der Waals surface area contributed by atoms with E-state index >= 15 is 0 Å². The number of anilines is 9. The molecule has 1 aromatic heterocycles. The van der Waals surface area contributed by atoms with Gasteiger partial charge in [0.15, 0.2) is 0 Å². The molecule has 0 atom stereocenters. The Bertz CT molecular complexity index is 2560. The third-order valence-electron chi connectivity index (χ3n) is 11.9. The fourth-order valence-electron chi connectivity index (χ4n) is 8.69. The zero-order valence-corrected chi connectivity index (χ0v) is 35.4. The maximum atomic E-state index is 5.80. The monoisotopic (exact) mass is 756 g/mol. The molecule has 0 amide bonds. The van der Waals surface area contributed by atoms with Crippen molar-refractivity contribution in [3.63, 3.8) is 0 Å². The fraction of sp³-hybridized carbons (Fsp3) is 0.226. The van der Waals surface area contributed by atoms with E-state index < -0.39 is 0 Å². The summed E-state index contributed by atoms with van der Waals surface area (Å²) < 4.78 is 0. The Balaban J connectivity index is 1.32. The second-order valence-corrected chi connectivity index (χ2v) is 19.0. The summed E-state index contributed by atoms with van der Waals surface area (Å²) in [5.41, 5.74) is 15.6. The van der Waals surface area contributed by atoms with Crippen LogP contribution in [0.5, 0.6) is 0 Å². The van der Waals surface area contributed by atoms with Gasteiger partial charge in [-0.1, -0.05) is 147 Å². The fourth-order valence-corrected chi connectivity index (χ4v) is 8.69. The molecule has 0 aliphatic carbocycles. The lowest BCUT2D eigenvalue weighted by molar-refractivity contribution is 0.590. The summed E-state index contributed by atoms with van der Waals surface area (Å²) >= 11 is 0. The number of hydrogen-bond acceptors (Lipinski definition) is 4. The lowest BCUT2D eigenvalue weighted by Gasteiger charge is -2.44. The number of benzene rings is 6. The highest BCUT2D eigenvalue weighted by Crippen LogP contribution is 2.46. The SMILES string of the molecule is CC(C)(C)c1ccc(N(c2ccc(C(C)(C)C)cc2)c2ccc3c(n2)N(c2ccccc2)c2cc(C(C)(C)C)cc4c2B3c2ccccc2N4c2ccccc2)cc1. The van der Waals surface area contributed by atoms with Crippen LogP contribution >= 0.6 is 0 Å². The summed E-state index contributed by atoms with van der Waals surface area (Å²) in [7, 11) is 0. The molecule has 0 saturated carbocycles. The van der Waals surface area contributed by atoms with Gasteiger partial charge in [0, 0.05) is 39.8 Å². The van der Waals surface area contributed by atoms with Crippen LogP contribution < -0.4 is 31.1 Å². The van der Waals surface area contributed by atoms with Gasteiger partial charge in [-0.2, -0.15) is 0 Å². The van der Waals surface area contributed by atoms with Crippen molar-refractivity contribution in [1.82, 2.24) is 4.98 Å². The minimum atomic E-state index is -0.104. The zero-order valence-electron chi connectivity index (χ0n) is 35.4. The van der Waals surface area contributed by atoms with Crippen molar-refractivity contribution in [3.05, 3.63) is 174 Å². The lowest BCUT2D eigenvalue weighted by atomic mass is 9.33. The van der Waals surface area contributed by atoms with Crippen LogP contribution in [0.25, 0.3) is 0 Å². The molecule has 4 nitrogen and oxygen atoms in total. The van der Waals surface area contributed by atoms with Gasteiger partial charge in [-0.15, -0.1) is 0 Å². The molecule has 6 aromatic carbocycles. The van der Waals surface area contributed by atoms with Gasteiger partial charge in [0.2, 0.25) is 0 Å². The molecule has 0 unspecified atom stereocenters. The average Bonchev–Trinajstić information content (AvgIpc) is 3.20. The van der Waals surface area contributed by atoms with Gasteiger partial charge in [-0.3, -0.25) is 9.80 Å². The standard InChI is InChI=1S/C53H53BN4/c1-51(2,3)36-24-28-41(29-25-36)56(42-30-26-37(27-31-42)52(4,5)6)48-33-32-44-50(55-48)58(40-20-14-11-15-21-40)47-35-38(53(7,8)9)34-46-49(47)54(44)43-22-16-17-23-45(43)57(46)39-18-12-10-13-19-39/h10-35H,1-9H3. The third kappa shape index (κ3) is 6.47. The first-order valence-electron chi connectivity index (χ1n) is 20.7. The summed E-state index contributed by atoms with van der Waals surface area (Å²) in [4.78, 5) is 13.0. The Morgan fingerprint density at radius 3 is 1.41 bits per heavy atom. The van der Waals surface area contributed by atoms with Crippen molar-refractivity contribution in [2.24, 2.45) is 0 Å². The first-order chi connectivity index (χ1) is 27.7. The average molecular weight is 757 g/mol. The summed E-state index contributed by atoms with van der Waals surface area (Å²) in [6.45, 7) is 20.5. The second-order valence-electron chi connectivity index (χ2n) is 19.0. The molecule has 0 spiro atoms. The highest BCUT2D eigenvalue weighted by atomic mass is 15.3. The molecule has 3 heterocycles. The smallest absolute Gasteiger partial charge is 0.254 e. The topological polar surface area (TPSA) is 22.6 Å². The molecular weight excluding hydrogens is 703 g/mol. The molecule has 0 bridgehead atoms. The van der Waals surface area contributed by atoms with Crippen LogP contribution in [0.3, 0.4) is 0 Å². The molecule has 2 aliphatic heterocycles. The summed E-state index contributed by atoms with van der Waals surface area (Å²) in [5, 5.41) is 0. The van der Waals surface area contributed by atoms with Crippen LogP contribution in [0.15, 0.2) is 158 Å². The van der Waals surface area contributed by atoms with E-state index in [1.807, 2.05) is 0 Å². The van der Waals surface area contributed by atoms with Gasteiger partial charge in [0.05, 0.1) is 0 Å². The van der Waals surface area contributed by atoms with E-state index in [1.54, 1.807) is 0 Å². The summed E-state index contributed by atoms with van der Waals surface area (Å²) in [5.74, 6) is 1.82. The highest BCUT2D eigenvalue weighted by molar-refractivity contribution is 7.00. The molecule has 58 heavy (non-hydrogen) atoms. The number of nitrogens with zero attached hydrogens (tertiary/aromatic N) is 4. The van der Waals surface area contributed by atoms with Crippen LogP contribution in [0, 0.1) is 0 Å². The Kier molecular flexibility index (Phi) is 8.92. The number of pyridine rings is 1. The van der Waals surface area contributed by atoms with Crippen LogP contribution in [0.4, 0.5) is 51.4 Å². The predicted molar refractivity (Wildman–Crippen MR) is 249 cm³/mol. The van der Waals surface area contributed by atoms with Crippen molar-refractivity contribution < 1.29 is 0 Å².